The number of hydrogen-bond donors (Lipinski definition) is 1. The molecule has 6 nitrogen and oxygen atoms in total. The van der Waals surface area contributed by atoms with E-state index in [2.05, 4.69) is 14.9 Å². The lowest BCUT2D eigenvalue weighted by Crippen LogP contribution is -2.29. The highest BCUT2D eigenvalue weighted by Crippen LogP contribution is 2.38. The van der Waals surface area contributed by atoms with Gasteiger partial charge in [-0.15, -0.1) is 0 Å². The number of aromatic nitrogens is 2. The molecule has 1 aliphatic rings. The third-order valence-electron chi connectivity index (χ3n) is 3.91. The molecule has 1 amide bonds. The number of hydrogen-bond acceptors (Lipinski definition) is 4. The summed E-state index contributed by atoms with van der Waals surface area (Å²) in [4.78, 5) is 28.4. The van der Waals surface area contributed by atoms with Crippen LogP contribution in [0.15, 0.2) is 36.7 Å². The lowest BCUT2D eigenvalue weighted by Gasteiger charge is -2.10. The predicted octanol–water partition coefficient (Wildman–Crippen LogP) is 1.98. The van der Waals surface area contributed by atoms with Gasteiger partial charge in [-0.1, -0.05) is 12.1 Å². The molecule has 1 fully saturated rings. The van der Waals surface area contributed by atoms with E-state index in [1.165, 1.54) is 20.0 Å². The molecule has 23 heavy (non-hydrogen) atoms. The Bertz CT molecular complexity index is 719. The third-order valence-corrected chi connectivity index (χ3v) is 3.91. The summed E-state index contributed by atoms with van der Waals surface area (Å²) in [6, 6.07) is 6.63. The standard InChI is InChI=1S/C17H19N3O3/c1-23-17(22)14-5-3-2-4-13(14)16(21)19-9-11-20-10-8-18-15(20)12-6-7-12/h2-5,8,10,12H,6-7,9,11H2,1H3,(H,19,21). The molecule has 0 bridgehead atoms. The molecule has 120 valence electrons. The van der Waals surface area contributed by atoms with Gasteiger partial charge in [0.25, 0.3) is 5.91 Å². The molecule has 3 rings (SSSR count). The largest absolute Gasteiger partial charge is 0.465 e. The summed E-state index contributed by atoms with van der Waals surface area (Å²) in [5.74, 6) is 0.871. The van der Waals surface area contributed by atoms with Gasteiger partial charge in [0.05, 0.1) is 18.2 Å². The first kappa shape index (κ1) is 15.3. The van der Waals surface area contributed by atoms with E-state index < -0.39 is 5.97 Å². The maximum atomic E-state index is 12.3. The third kappa shape index (κ3) is 3.41. The Morgan fingerprint density at radius 3 is 2.74 bits per heavy atom. The van der Waals surface area contributed by atoms with Crippen molar-refractivity contribution in [1.29, 1.82) is 0 Å². The van der Waals surface area contributed by atoms with Crippen LogP contribution in [0.4, 0.5) is 0 Å². The van der Waals surface area contributed by atoms with E-state index in [0.29, 0.717) is 24.6 Å². The van der Waals surface area contributed by atoms with Crippen LogP contribution in [0, 0.1) is 0 Å². The Morgan fingerprint density at radius 2 is 2.04 bits per heavy atom. The molecule has 1 aromatic carbocycles. The highest BCUT2D eigenvalue weighted by Gasteiger charge is 2.27. The molecule has 1 aliphatic carbocycles. The summed E-state index contributed by atoms with van der Waals surface area (Å²) >= 11 is 0. The fourth-order valence-electron chi connectivity index (χ4n) is 2.57. The van der Waals surface area contributed by atoms with Gasteiger partial charge >= 0.3 is 5.97 Å². The molecule has 1 heterocycles. The van der Waals surface area contributed by atoms with Crippen molar-refractivity contribution in [2.75, 3.05) is 13.7 Å². The molecule has 1 aromatic heterocycles. The maximum Gasteiger partial charge on any atom is 0.338 e. The van der Waals surface area contributed by atoms with E-state index in [4.69, 9.17) is 4.74 Å². The van der Waals surface area contributed by atoms with E-state index >= 15 is 0 Å². The molecule has 0 aliphatic heterocycles. The van der Waals surface area contributed by atoms with Gasteiger partial charge in [-0.3, -0.25) is 4.79 Å². The molecular formula is C17H19N3O3. The highest BCUT2D eigenvalue weighted by molar-refractivity contribution is 6.05. The lowest BCUT2D eigenvalue weighted by molar-refractivity contribution is 0.0596. The second-order valence-electron chi connectivity index (χ2n) is 5.55. The molecule has 0 unspecified atom stereocenters. The Kier molecular flexibility index (Phi) is 4.41. The van der Waals surface area contributed by atoms with Crippen LogP contribution < -0.4 is 5.32 Å². The zero-order valence-corrected chi connectivity index (χ0v) is 13.0. The Hall–Kier alpha value is -2.63. The average Bonchev–Trinajstić information content (AvgIpc) is 3.33. The normalized spacial score (nSPS) is 13.6. The van der Waals surface area contributed by atoms with Crippen molar-refractivity contribution in [1.82, 2.24) is 14.9 Å². The van der Waals surface area contributed by atoms with Crippen molar-refractivity contribution >= 4 is 11.9 Å². The SMILES string of the molecule is COC(=O)c1ccccc1C(=O)NCCn1ccnc1C1CC1. The zero-order chi connectivity index (χ0) is 16.2. The van der Waals surface area contributed by atoms with Crippen LogP contribution in [-0.2, 0) is 11.3 Å². The molecule has 1 N–H and O–H groups in total. The number of carbonyl (C=O) groups excluding carboxylic acids is 2. The quantitative estimate of drug-likeness (QED) is 0.828. The van der Waals surface area contributed by atoms with Crippen LogP contribution >= 0.6 is 0 Å². The van der Waals surface area contributed by atoms with E-state index in [0.717, 1.165) is 5.82 Å². The van der Waals surface area contributed by atoms with Crippen molar-refractivity contribution in [3.8, 4) is 0 Å². The molecule has 0 radical (unpaired) electrons. The predicted molar refractivity (Wildman–Crippen MR) is 84.3 cm³/mol. The van der Waals surface area contributed by atoms with Gasteiger partial charge in [-0.2, -0.15) is 0 Å². The van der Waals surface area contributed by atoms with Gasteiger partial charge in [0, 0.05) is 31.4 Å². The van der Waals surface area contributed by atoms with Crippen LogP contribution in [0.3, 0.4) is 0 Å². The average molecular weight is 313 g/mol. The molecule has 0 spiro atoms. The molecule has 2 aromatic rings. The minimum Gasteiger partial charge on any atom is -0.465 e. The van der Waals surface area contributed by atoms with Gasteiger partial charge in [-0.25, -0.2) is 9.78 Å². The molecule has 0 saturated heterocycles. The van der Waals surface area contributed by atoms with Gasteiger partial charge in [0.2, 0.25) is 0 Å². The number of amides is 1. The van der Waals surface area contributed by atoms with Crippen molar-refractivity contribution in [3.63, 3.8) is 0 Å². The smallest absolute Gasteiger partial charge is 0.338 e. The van der Waals surface area contributed by atoms with Gasteiger partial charge in [0.15, 0.2) is 0 Å². The topological polar surface area (TPSA) is 73.2 Å². The van der Waals surface area contributed by atoms with E-state index in [1.807, 2.05) is 6.20 Å². The van der Waals surface area contributed by atoms with E-state index in [-0.39, 0.29) is 11.5 Å². The van der Waals surface area contributed by atoms with Crippen molar-refractivity contribution in [2.45, 2.75) is 25.3 Å². The molecule has 0 atom stereocenters. The number of methoxy groups -OCH3 is 1. The van der Waals surface area contributed by atoms with Crippen LogP contribution in [0.2, 0.25) is 0 Å². The Balaban J connectivity index is 1.61. The maximum absolute atomic E-state index is 12.3. The number of esters is 1. The number of carbonyl (C=O) groups is 2. The molecular weight excluding hydrogens is 294 g/mol. The second kappa shape index (κ2) is 6.64. The first-order valence-electron chi connectivity index (χ1n) is 7.67. The van der Waals surface area contributed by atoms with Crippen molar-refractivity contribution in [3.05, 3.63) is 53.6 Å². The Labute approximate surface area is 134 Å². The first-order chi connectivity index (χ1) is 11.2. The molecule has 6 heteroatoms. The molecule has 1 saturated carbocycles. The number of ether oxygens (including phenoxy) is 1. The highest BCUT2D eigenvalue weighted by atomic mass is 16.5. The number of rotatable bonds is 6. The van der Waals surface area contributed by atoms with E-state index in [1.54, 1.807) is 30.5 Å². The number of nitrogens with one attached hydrogen (secondary N) is 1. The summed E-state index contributed by atoms with van der Waals surface area (Å²) in [6.07, 6.45) is 6.11. The van der Waals surface area contributed by atoms with Crippen LogP contribution in [-0.4, -0.2) is 35.1 Å². The fraction of sp³-hybridized carbons (Fsp3) is 0.353. The first-order valence-corrected chi connectivity index (χ1v) is 7.67. The van der Waals surface area contributed by atoms with Crippen LogP contribution in [0.25, 0.3) is 0 Å². The zero-order valence-electron chi connectivity index (χ0n) is 13.0. The van der Waals surface area contributed by atoms with Gasteiger partial charge in [0.1, 0.15) is 5.82 Å². The number of benzene rings is 1. The summed E-state index contributed by atoms with van der Waals surface area (Å²) in [5.41, 5.74) is 0.598. The Morgan fingerprint density at radius 1 is 1.30 bits per heavy atom. The summed E-state index contributed by atoms with van der Waals surface area (Å²) in [5, 5.41) is 2.85. The van der Waals surface area contributed by atoms with Crippen LogP contribution in [0.1, 0.15) is 45.3 Å². The van der Waals surface area contributed by atoms with Gasteiger partial charge in [-0.05, 0) is 25.0 Å². The number of nitrogens with zero attached hydrogens (tertiary/aromatic N) is 2. The lowest BCUT2D eigenvalue weighted by atomic mass is 10.1. The fourth-order valence-corrected chi connectivity index (χ4v) is 2.57. The number of imidazole rings is 1. The minimum absolute atomic E-state index is 0.272. The second-order valence-corrected chi connectivity index (χ2v) is 5.55. The monoisotopic (exact) mass is 313 g/mol. The summed E-state index contributed by atoms with van der Waals surface area (Å²) < 4.78 is 6.78. The van der Waals surface area contributed by atoms with Crippen molar-refractivity contribution in [2.24, 2.45) is 0 Å². The van der Waals surface area contributed by atoms with Crippen LogP contribution in [0.5, 0.6) is 0 Å². The summed E-state index contributed by atoms with van der Waals surface area (Å²) in [6.45, 7) is 1.14. The van der Waals surface area contributed by atoms with Gasteiger partial charge < -0.3 is 14.6 Å². The van der Waals surface area contributed by atoms with E-state index in [9.17, 15) is 9.59 Å². The van der Waals surface area contributed by atoms with Crippen molar-refractivity contribution < 1.29 is 14.3 Å². The summed E-state index contributed by atoms with van der Waals surface area (Å²) in [7, 11) is 1.30. The minimum atomic E-state index is -0.513.